The fourth-order valence-corrected chi connectivity index (χ4v) is 3.07. The molecule has 1 unspecified atom stereocenters. The minimum atomic E-state index is -0.235. The van der Waals surface area contributed by atoms with Crippen LogP contribution in [0.15, 0.2) is 70.3 Å². The van der Waals surface area contributed by atoms with Gasteiger partial charge in [-0.25, -0.2) is 14.4 Å². The van der Waals surface area contributed by atoms with E-state index in [0.29, 0.717) is 24.9 Å². The average Bonchev–Trinajstić information content (AvgIpc) is 3.23. The summed E-state index contributed by atoms with van der Waals surface area (Å²) in [5.41, 5.74) is 2.73. The number of hydrogen-bond acceptors (Lipinski definition) is 4. The maximum absolute atomic E-state index is 13.3. The van der Waals surface area contributed by atoms with Gasteiger partial charge < -0.3 is 20.0 Å². The lowest BCUT2D eigenvalue weighted by Gasteiger charge is -2.26. The molecule has 0 saturated carbocycles. The van der Waals surface area contributed by atoms with E-state index in [-0.39, 0.29) is 11.9 Å². The average molecular weight is 410 g/mol. The molecule has 158 valence electrons. The van der Waals surface area contributed by atoms with E-state index in [2.05, 4.69) is 25.5 Å². The van der Waals surface area contributed by atoms with E-state index in [1.54, 1.807) is 6.26 Å². The largest absolute Gasteiger partial charge is 0.444 e. The third kappa shape index (κ3) is 5.90. The molecule has 0 saturated heterocycles. The molecular formula is C23H28FN5O. The Balaban J connectivity index is 1.65. The minimum Gasteiger partial charge on any atom is -0.444 e. The summed E-state index contributed by atoms with van der Waals surface area (Å²) in [5, 5.41) is 6.62. The van der Waals surface area contributed by atoms with Crippen LogP contribution in [-0.2, 0) is 6.54 Å². The predicted molar refractivity (Wildman–Crippen MR) is 118 cm³/mol. The van der Waals surface area contributed by atoms with Crippen molar-refractivity contribution in [3.05, 3.63) is 77.9 Å². The van der Waals surface area contributed by atoms with E-state index in [1.807, 2.05) is 63.5 Å². The molecule has 0 spiro atoms. The molecule has 6 nitrogen and oxygen atoms in total. The van der Waals surface area contributed by atoms with Crippen LogP contribution >= 0.6 is 0 Å². The first-order valence-corrected chi connectivity index (χ1v) is 10.0. The highest BCUT2D eigenvalue weighted by Crippen LogP contribution is 2.19. The van der Waals surface area contributed by atoms with Crippen LogP contribution in [0.2, 0.25) is 0 Å². The van der Waals surface area contributed by atoms with Crippen LogP contribution < -0.4 is 10.6 Å². The quantitative estimate of drug-likeness (QED) is 0.437. The molecule has 0 radical (unpaired) electrons. The van der Waals surface area contributed by atoms with Crippen molar-refractivity contribution >= 4 is 5.96 Å². The lowest BCUT2D eigenvalue weighted by Crippen LogP contribution is -2.41. The number of guanidine groups is 1. The van der Waals surface area contributed by atoms with E-state index in [9.17, 15) is 4.39 Å². The van der Waals surface area contributed by atoms with Crippen LogP contribution in [0.3, 0.4) is 0 Å². The Kier molecular flexibility index (Phi) is 7.57. The van der Waals surface area contributed by atoms with Crippen LogP contribution in [-0.4, -0.2) is 43.0 Å². The summed E-state index contributed by atoms with van der Waals surface area (Å²) in [6, 6.07) is 16.5. The number of oxazole rings is 1. The summed E-state index contributed by atoms with van der Waals surface area (Å²) < 4.78 is 18.8. The molecule has 0 aliphatic rings. The van der Waals surface area contributed by atoms with Crippen molar-refractivity contribution in [2.75, 3.05) is 27.2 Å². The fraction of sp³-hybridized carbons (Fsp3) is 0.304. The Hall–Kier alpha value is -3.19. The zero-order valence-corrected chi connectivity index (χ0v) is 17.6. The van der Waals surface area contributed by atoms with E-state index >= 15 is 0 Å². The van der Waals surface area contributed by atoms with Gasteiger partial charge in [-0.15, -0.1) is 0 Å². The SMILES string of the molecule is CCNC(=NCc1coc(-c2ccccc2)n1)NCC(c1ccc(F)cc1)N(C)C. The molecule has 0 aliphatic carbocycles. The van der Waals surface area contributed by atoms with E-state index in [1.165, 1.54) is 12.1 Å². The van der Waals surface area contributed by atoms with Gasteiger partial charge in [0.05, 0.1) is 12.6 Å². The molecule has 1 heterocycles. The second-order valence-electron chi connectivity index (χ2n) is 7.12. The highest BCUT2D eigenvalue weighted by atomic mass is 19.1. The van der Waals surface area contributed by atoms with Gasteiger partial charge in [-0.2, -0.15) is 0 Å². The van der Waals surface area contributed by atoms with Gasteiger partial charge in [0, 0.05) is 18.7 Å². The van der Waals surface area contributed by atoms with E-state index in [4.69, 9.17) is 4.42 Å². The molecule has 3 rings (SSSR count). The molecule has 7 heteroatoms. The second kappa shape index (κ2) is 10.5. The summed E-state index contributed by atoms with van der Waals surface area (Å²) >= 11 is 0. The van der Waals surface area contributed by atoms with Crippen LogP contribution in [0.25, 0.3) is 11.5 Å². The first kappa shape index (κ1) is 21.5. The summed E-state index contributed by atoms with van der Waals surface area (Å²) in [4.78, 5) is 11.2. The lowest BCUT2D eigenvalue weighted by molar-refractivity contribution is 0.298. The molecule has 1 aromatic heterocycles. The summed E-state index contributed by atoms with van der Waals surface area (Å²) in [6.45, 7) is 3.78. The molecule has 1 atom stereocenters. The van der Waals surface area contributed by atoms with Crippen molar-refractivity contribution in [3.63, 3.8) is 0 Å². The lowest BCUT2D eigenvalue weighted by atomic mass is 10.1. The van der Waals surface area contributed by atoms with Gasteiger partial charge in [0.25, 0.3) is 0 Å². The van der Waals surface area contributed by atoms with Crippen LogP contribution in [0.1, 0.15) is 24.2 Å². The number of likely N-dealkylation sites (N-methyl/N-ethyl adjacent to an activating group) is 1. The number of nitrogens with zero attached hydrogens (tertiary/aromatic N) is 3. The topological polar surface area (TPSA) is 65.7 Å². The monoisotopic (exact) mass is 409 g/mol. The van der Waals surface area contributed by atoms with Crippen LogP contribution in [0.4, 0.5) is 4.39 Å². The van der Waals surface area contributed by atoms with Crippen molar-refractivity contribution in [1.29, 1.82) is 0 Å². The van der Waals surface area contributed by atoms with Gasteiger partial charge in [0.2, 0.25) is 5.89 Å². The molecule has 0 bridgehead atoms. The molecule has 2 aromatic carbocycles. The zero-order chi connectivity index (χ0) is 21.3. The predicted octanol–water partition coefficient (Wildman–Crippen LogP) is 3.84. The molecule has 0 fully saturated rings. The number of nitrogens with one attached hydrogen (secondary N) is 2. The molecule has 30 heavy (non-hydrogen) atoms. The Labute approximate surface area is 176 Å². The number of rotatable bonds is 8. The number of halogens is 1. The maximum Gasteiger partial charge on any atom is 0.226 e. The van der Waals surface area contributed by atoms with Crippen molar-refractivity contribution < 1.29 is 8.81 Å². The first-order chi connectivity index (χ1) is 14.6. The van der Waals surface area contributed by atoms with Gasteiger partial charge in [-0.05, 0) is 50.8 Å². The highest BCUT2D eigenvalue weighted by molar-refractivity contribution is 5.79. The van der Waals surface area contributed by atoms with Crippen LogP contribution in [0, 0.1) is 5.82 Å². The van der Waals surface area contributed by atoms with Crippen molar-refractivity contribution in [1.82, 2.24) is 20.5 Å². The zero-order valence-electron chi connectivity index (χ0n) is 17.6. The van der Waals surface area contributed by atoms with E-state index < -0.39 is 0 Å². The minimum absolute atomic E-state index is 0.0752. The number of aromatic nitrogens is 1. The summed E-state index contributed by atoms with van der Waals surface area (Å²) in [7, 11) is 4.00. The highest BCUT2D eigenvalue weighted by Gasteiger charge is 2.15. The van der Waals surface area contributed by atoms with Gasteiger partial charge in [0.1, 0.15) is 17.8 Å². The Morgan fingerprint density at radius 3 is 2.50 bits per heavy atom. The normalized spacial score (nSPS) is 12.8. The van der Waals surface area contributed by atoms with Crippen LogP contribution in [0.5, 0.6) is 0 Å². The fourth-order valence-electron chi connectivity index (χ4n) is 3.07. The van der Waals surface area contributed by atoms with Crippen molar-refractivity contribution in [3.8, 4) is 11.5 Å². The smallest absolute Gasteiger partial charge is 0.226 e. The van der Waals surface area contributed by atoms with Crippen molar-refractivity contribution in [2.45, 2.75) is 19.5 Å². The number of aliphatic imine (C=N–C) groups is 1. The third-order valence-electron chi connectivity index (χ3n) is 4.66. The van der Waals surface area contributed by atoms with Gasteiger partial charge in [-0.1, -0.05) is 30.3 Å². The Morgan fingerprint density at radius 1 is 1.10 bits per heavy atom. The molecule has 3 aromatic rings. The Morgan fingerprint density at radius 2 is 1.83 bits per heavy atom. The first-order valence-electron chi connectivity index (χ1n) is 10.0. The van der Waals surface area contributed by atoms with E-state index in [0.717, 1.165) is 23.4 Å². The van der Waals surface area contributed by atoms with Gasteiger partial charge in [-0.3, -0.25) is 0 Å². The second-order valence-corrected chi connectivity index (χ2v) is 7.12. The van der Waals surface area contributed by atoms with Gasteiger partial charge in [0.15, 0.2) is 5.96 Å². The standard InChI is InChI=1S/C23H28FN5O/c1-4-25-23(27-15-21(29(2)3)17-10-12-19(24)13-11-17)26-14-20-16-30-22(28-20)18-8-6-5-7-9-18/h5-13,16,21H,4,14-15H2,1-3H3,(H2,25,26,27). The summed E-state index contributed by atoms with van der Waals surface area (Å²) in [5.74, 6) is 1.04. The maximum atomic E-state index is 13.3. The summed E-state index contributed by atoms with van der Waals surface area (Å²) in [6.07, 6.45) is 1.64. The molecule has 2 N–H and O–H groups in total. The molecule has 0 aliphatic heterocycles. The molecular weight excluding hydrogens is 381 g/mol. The number of hydrogen-bond donors (Lipinski definition) is 2. The number of benzene rings is 2. The molecule has 0 amide bonds. The third-order valence-corrected chi connectivity index (χ3v) is 4.66. The Bertz CT molecular complexity index is 938. The van der Waals surface area contributed by atoms with Crippen molar-refractivity contribution in [2.24, 2.45) is 4.99 Å². The van der Waals surface area contributed by atoms with Gasteiger partial charge >= 0.3 is 0 Å².